The average Bonchev–Trinajstić information content (AvgIpc) is 2.31. The SMILES string of the molecule is CCOC(=O)[C@@H](C)Oc1ccc(Br)cc1OC. The second-order valence-electron chi connectivity index (χ2n) is 3.31. The molecular weight excluding hydrogens is 288 g/mol. The number of methoxy groups -OCH3 is 1. The van der Waals surface area contributed by atoms with Gasteiger partial charge in [0.1, 0.15) is 0 Å². The molecule has 17 heavy (non-hydrogen) atoms. The predicted molar refractivity (Wildman–Crippen MR) is 67.4 cm³/mol. The first-order valence-corrected chi connectivity index (χ1v) is 6.04. The maximum atomic E-state index is 11.4. The molecule has 0 unspecified atom stereocenters. The van der Waals surface area contributed by atoms with Crippen molar-refractivity contribution in [1.82, 2.24) is 0 Å². The summed E-state index contributed by atoms with van der Waals surface area (Å²) in [5.74, 6) is 0.684. The summed E-state index contributed by atoms with van der Waals surface area (Å²) in [5.41, 5.74) is 0. The van der Waals surface area contributed by atoms with Crippen LogP contribution in [-0.4, -0.2) is 25.8 Å². The van der Waals surface area contributed by atoms with Crippen LogP contribution in [0.5, 0.6) is 11.5 Å². The van der Waals surface area contributed by atoms with Crippen molar-refractivity contribution >= 4 is 21.9 Å². The summed E-state index contributed by atoms with van der Waals surface area (Å²) in [4.78, 5) is 11.4. The third-order valence-electron chi connectivity index (χ3n) is 2.05. The van der Waals surface area contributed by atoms with E-state index in [2.05, 4.69) is 15.9 Å². The van der Waals surface area contributed by atoms with Gasteiger partial charge in [-0.2, -0.15) is 0 Å². The zero-order valence-electron chi connectivity index (χ0n) is 10.0. The Morgan fingerprint density at radius 2 is 2.12 bits per heavy atom. The smallest absolute Gasteiger partial charge is 0.347 e. The molecule has 1 atom stereocenters. The number of esters is 1. The van der Waals surface area contributed by atoms with E-state index in [-0.39, 0.29) is 0 Å². The normalized spacial score (nSPS) is 11.8. The molecule has 0 saturated carbocycles. The van der Waals surface area contributed by atoms with E-state index in [1.807, 2.05) is 6.07 Å². The van der Waals surface area contributed by atoms with Gasteiger partial charge < -0.3 is 14.2 Å². The van der Waals surface area contributed by atoms with Gasteiger partial charge in [0.2, 0.25) is 0 Å². The Morgan fingerprint density at radius 1 is 1.41 bits per heavy atom. The van der Waals surface area contributed by atoms with Crippen LogP contribution in [0.2, 0.25) is 0 Å². The third-order valence-corrected chi connectivity index (χ3v) is 2.54. The molecule has 0 heterocycles. The summed E-state index contributed by atoms with van der Waals surface area (Å²) in [7, 11) is 1.55. The van der Waals surface area contributed by atoms with E-state index in [0.29, 0.717) is 18.1 Å². The molecule has 0 aliphatic carbocycles. The Morgan fingerprint density at radius 3 is 2.71 bits per heavy atom. The van der Waals surface area contributed by atoms with Crippen molar-refractivity contribution in [2.45, 2.75) is 20.0 Å². The van der Waals surface area contributed by atoms with Crippen LogP contribution in [0.4, 0.5) is 0 Å². The molecule has 0 N–H and O–H groups in total. The molecular formula is C12H15BrO4. The fourth-order valence-corrected chi connectivity index (χ4v) is 1.58. The van der Waals surface area contributed by atoms with E-state index in [1.165, 1.54) is 0 Å². The molecule has 0 spiro atoms. The molecule has 1 aromatic carbocycles. The van der Waals surface area contributed by atoms with Crippen LogP contribution in [0.3, 0.4) is 0 Å². The zero-order chi connectivity index (χ0) is 12.8. The van der Waals surface area contributed by atoms with E-state index in [9.17, 15) is 4.79 Å². The van der Waals surface area contributed by atoms with Gasteiger partial charge in [0.25, 0.3) is 0 Å². The van der Waals surface area contributed by atoms with Crippen molar-refractivity contribution in [1.29, 1.82) is 0 Å². The van der Waals surface area contributed by atoms with Crippen molar-refractivity contribution in [2.24, 2.45) is 0 Å². The number of hydrogen-bond donors (Lipinski definition) is 0. The highest BCUT2D eigenvalue weighted by Crippen LogP contribution is 2.30. The van der Waals surface area contributed by atoms with E-state index < -0.39 is 12.1 Å². The lowest BCUT2D eigenvalue weighted by Gasteiger charge is -2.15. The highest BCUT2D eigenvalue weighted by Gasteiger charge is 2.17. The Kier molecular flexibility index (Phi) is 5.28. The largest absolute Gasteiger partial charge is 0.493 e. The van der Waals surface area contributed by atoms with Crippen molar-refractivity contribution in [3.63, 3.8) is 0 Å². The monoisotopic (exact) mass is 302 g/mol. The molecule has 0 radical (unpaired) electrons. The van der Waals surface area contributed by atoms with E-state index in [4.69, 9.17) is 14.2 Å². The molecule has 1 rings (SSSR count). The zero-order valence-corrected chi connectivity index (χ0v) is 11.6. The van der Waals surface area contributed by atoms with Crippen molar-refractivity contribution < 1.29 is 19.0 Å². The van der Waals surface area contributed by atoms with Gasteiger partial charge in [-0.15, -0.1) is 0 Å². The lowest BCUT2D eigenvalue weighted by molar-refractivity contribution is -0.150. The first kappa shape index (κ1) is 13.8. The van der Waals surface area contributed by atoms with Crippen LogP contribution >= 0.6 is 15.9 Å². The number of halogens is 1. The van der Waals surface area contributed by atoms with Gasteiger partial charge in [0, 0.05) is 4.47 Å². The molecule has 0 bridgehead atoms. The summed E-state index contributed by atoms with van der Waals surface area (Å²) >= 11 is 3.33. The minimum Gasteiger partial charge on any atom is -0.493 e. The van der Waals surface area contributed by atoms with Crippen LogP contribution in [0.25, 0.3) is 0 Å². The Labute approximate surface area is 109 Å². The quantitative estimate of drug-likeness (QED) is 0.785. The summed E-state index contributed by atoms with van der Waals surface area (Å²) in [6.07, 6.45) is -0.662. The molecule has 0 saturated heterocycles. The summed E-state index contributed by atoms with van der Waals surface area (Å²) in [6.45, 7) is 3.73. The number of carbonyl (C=O) groups is 1. The summed E-state index contributed by atoms with van der Waals surface area (Å²) < 4.78 is 16.4. The van der Waals surface area contributed by atoms with Crippen molar-refractivity contribution in [3.8, 4) is 11.5 Å². The first-order valence-electron chi connectivity index (χ1n) is 5.25. The molecule has 0 fully saturated rings. The maximum absolute atomic E-state index is 11.4. The van der Waals surface area contributed by atoms with Gasteiger partial charge in [-0.05, 0) is 32.0 Å². The van der Waals surface area contributed by atoms with Gasteiger partial charge in [0.05, 0.1) is 13.7 Å². The topological polar surface area (TPSA) is 44.8 Å². The van der Waals surface area contributed by atoms with Crippen LogP contribution < -0.4 is 9.47 Å². The van der Waals surface area contributed by atoms with Gasteiger partial charge >= 0.3 is 5.97 Å². The fourth-order valence-electron chi connectivity index (χ4n) is 1.24. The summed E-state index contributed by atoms with van der Waals surface area (Å²) in [5, 5.41) is 0. The standard InChI is InChI=1S/C12H15BrO4/c1-4-16-12(14)8(2)17-10-6-5-9(13)7-11(10)15-3/h5-8H,4H2,1-3H3/t8-/m1/s1. The molecule has 0 aliphatic heterocycles. The molecule has 0 aliphatic rings. The lowest BCUT2D eigenvalue weighted by Crippen LogP contribution is -2.26. The first-order chi connectivity index (χ1) is 8.08. The van der Waals surface area contributed by atoms with E-state index in [0.717, 1.165) is 4.47 Å². The minimum absolute atomic E-state index is 0.337. The molecule has 5 heteroatoms. The van der Waals surface area contributed by atoms with Gasteiger partial charge in [0.15, 0.2) is 17.6 Å². The number of ether oxygens (including phenoxy) is 3. The maximum Gasteiger partial charge on any atom is 0.347 e. The van der Waals surface area contributed by atoms with Crippen LogP contribution in [0, 0.1) is 0 Å². The highest BCUT2D eigenvalue weighted by atomic mass is 79.9. The predicted octanol–water partition coefficient (Wildman–Crippen LogP) is 2.79. The van der Waals surface area contributed by atoms with Crippen molar-refractivity contribution in [2.75, 3.05) is 13.7 Å². The Balaban J connectivity index is 2.77. The van der Waals surface area contributed by atoms with Gasteiger partial charge in [-0.25, -0.2) is 4.79 Å². The average molecular weight is 303 g/mol. The minimum atomic E-state index is -0.662. The van der Waals surface area contributed by atoms with E-state index in [1.54, 1.807) is 33.1 Å². The number of rotatable bonds is 5. The Bertz CT molecular complexity index is 392. The number of hydrogen-bond acceptors (Lipinski definition) is 4. The lowest BCUT2D eigenvalue weighted by atomic mass is 10.3. The molecule has 0 aromatic heterocycles. The number of benzene rings is 1. The Hall–Kier alpha value is -1.23. The van der Waals surface area contributed by atoms with Gasteiger partial charge in [-0.3, -0.25) is 0 Å². The van der Waals surface area contributed by atoms with Crippen LogP contribution in [0.1, 0.15) is 13.8 Å². The number of carbonyl (C=O) groups excluding carboxylic acids is 1. The van der Waals surface area contributed by atoms with E-state index >= 15 is 0 Å². The summed E-state index contributed by atoms with van der Waals surface area (Å²) in [6, 6.07) is 5.32. The highest BCUT2D eigenvalue weighted by molar-refractivity contribution is 9.10. The third kappa shape index (κ3) is 3.93. The van der Waals surface area contributed by atoms with Crippen LogP contribution in [0.15, 0.2) is 22.7 Å². The molecule has 0 amide bonds. The van der Waals surface area contributed by atoms with Gasteiger partial charge in [-0.1, -0.05) is 15.9 Å². The second kappa shape index (κ2) is 6.49. The molecule has 1 aromatic rings. The second-order valence-corrected chi connectivity index (χ2v) is 4.22. The van der Waals surface area contributed by atoms with Crippen LogP contribution in [-0.2, 0) is 9.53 Å². The molecule has 4 nitrogen and oxygen atoms in total. The molecule has 94 valence electrons. The van der Waals surface area contributed by atoms with Crippen molar-refractivity contribution in [3.05, 3.63) is 22.7 Å². The fraction of sp³-hybridized carbons (Fsp3) is 0.417.